The van der Waals surface area contributed by atoms with Crippen LogP contribution in [0.4, 0.5) is 11.4 Å². The van der Waals surface area contributed by atoms with E-state index in [2.05, 4.69) is 15.9 Å². The summed E-state index contributed by atoms with van der Waals surface area (Å²) in [5.41, 5.74) is 8.83. The van der Waals surface area contributed by atoms with Crippen LogP contribution in [0.3, 0.4) is 0 Å². The van der Waals surface area contributed by atoms with Crippen LogP contribution in [0.15, 0.2) is 46.9 Å². The lowest BCUT2D eigenvalue weighted by atomic mass is 9.99. The summed E-state index contributed by atoms with van der Waals surface area (Å²) in [5.74, 6) is 0.835. The van der Waals surface area contributed by atoms with Crippen molar-refractivity contribution < 1.29 is 9.53 Å². The number of nitrogens with two attached hydrogens (primary N) is 1. The number of nitrogen functional groups attached to an aromatic ring is 1. The van der Waals surface area contributed by atoms with Gasteiger partial charge in [0.1, 0.15) is 5.75 Å². The Bertz CT molecular complexity index is 724. The van der Waals surface area contributed by atoms with E-state index in [0.717, 1.165) is 46.5 Å². The Hall–Kier alpha value is -1.72. The fourth-order valence-corrected chi connectivity index (χ4v) is 3.24. The van der Waals surface area contributed by atoms with Crippen LogP contribution >= 0.6 is 28.3 Å². The molecule has 1 amide bonds. The summed E-state index contributed by atoms with van der Waals surface area (Å²) in [6.07, 6.45) is 2.22. The Morgan fingerprint density at radius 2 is 2.04 bits per heavy atom. The van der Waals surface area contributed by atoms with E-state index in [-0.39, 0.29) is 18.3 Å². The largest absolute Gasteiger partial charge is 0.493 e. The van der Waals surface area contributed by atoms with Gasteiger partial charge < -0.3 is 15.4 Å². The Morgan fingerprint density at radius 3 is 2.83 bits per heavy atom. The van der Waals surface area contributed by atoms with Crippen LogP contribution < -0.4 is 15.4 Å². The third-order valence-corrected chi connectivity index (χ3v) is 4.46. The number of hydrogen-bond donors (Lipinski definition) is 1. The van der Waals surface area contributed by atoms with Crippen molar-refractivity contribution >= 4 is 45.6 Å². The SMILES string of the molecule is Cl.Nc1cccc2c1CCCN2C(=O)CCOc1cccc(Br)c1. The summed E-state index contributed by atoms with van der Waals surface area (Å²) < 4.78 is 6.62. The zero-order valence-corrected chi connectivity index (χ0v) is 15.6. The van der Waals surface area contributed by atoms with Gasteiger partial charge in [0.2, 0.25) is 5.91 Å². The van der Waals surface area contributed by atoms with E-state index < -0.39 is 0 Å². The Balaban J connectivity index is 0.00000208. The second-order valence-corrected chi connectivity index (χ2v) is 6.47. The molecule has 1 aliphatic heterocycles. The molecule has 4 nitrogen and oxygen atoms in total. The molecule has 128 valence electrons. The number of halogens is 2. The Labute approximate surface area is 156 Å². The predicted molar refractivity (Wildman–Crippen MR) is 103 cm³/mol. The summed E-state index contributed by atoms with van der Waals surface area (Å²) in [5, 5.41) is 0. The number of ether oxygens (including phenoxy) is 1. The van der Waals surface area contributed by atoms with Gasteiger partial charge in [-0.2, -0.15) is 0 Å². The molecule has 3 rings (SSSR count). The van der Waals surface area contributed by atoms with Crippen LogP contribution in [0.25, 0.3) is 0 Å². The summed E-state index contributed by atoms with van der Waals surface area (Å²) in [7, 11) is 0. The van der Waals surface area contributed by atoms with E-state index in [0.29, 0.717) is 13.0 Å². The first kappa shape index (κ1) is 18.6. The molecule has 0 fully saturated rings. The van der Waals surface area contributed by atoms with Gasteiger partial charge in [-0.15, -0.1) is 12.4 Å². The molecule has 1 heterocycles. The van der Waals surface area contributed by atoms with E-state index in [9.17, 15) is 4.79 Å². The minimum absolute atomic E-state index is 0. The van der Waals surface area contributed by atoms with E-state index in [1.165, 1.54) is 0 Å². The monoisotopic (exact) mass is 410 g/mol. The number of carbonyl (C=O) groups excluding carboxylic acids is 1. The Morgan fingerprint density at radius 1 is 1.25 bits per heavy atom. The number of rotatable bonds is 4. The van der Waals surface area contributed by atoms with Crippen LogP contribution in [-0.4, -0.2) is 19.1 Å². The lowest BCUT2D eigenvalue weighted by Gasteiger charge is -2.30. The first-order chi connectivity index (χ1) is 11.1. The average Bonchev–Trinajstić information content (AvgIpc) is 2.55. The molecule has 2 aromatic rings. The minimum Gasteiger partial charge on any atom is -0.493 e. The molecule has 0 spiro atoms. The lowest BCUT2D eigenvalue weighted by Crippen LogP contribution is -2.36. The molecule has 6 heteroatoms. The van der Waals surface area contributed by atoms with Gasteiger partial charge in [0, 0.05) is 22.4 Å². The molecule has 0 aromatic heterocycles. The van der Waals surface area contributed by atoms with Gasteiger partial charge in [-0.1, -0.05) is 28.1 Å². The van der Waals surface area contributed by atoms with Crippen molar-refractivity contribution in [3.8, 4) is 5.75 Å². The smallest absolute Gasteiger partial charge is 0.230 e. The highest BCUT2D eigenvalue weighted by Gasteiger charge is 2.23. The molecule has 0 atom stereocenters. The van der Waals surface area contributed by atoms with Crippen LogP contribution in [0, 0.1) is 0 Å². The molecule has 2 aromatic carbocycles. The van der Waals surface area contributed by atoms with Crippen molar-refractivity contribution in [3.05, 3.63) is 52.5 Å². The number of benzene rings is 2. The highest BCUT2D eigenvalue weighted by atomic mass is 79.9. The van der Waals surface area contributed by atoms with Crippen molar-refractivity contribution in [1.29, 1.82) is 0 Å². The van der Waals surface area contributed by atoms with Gasteiger partial charge in [-0.3, -0.25) is 4.79 Å². The third-order valence-electron chi connectivity index (χ3n) is 3.97. The highest BCUT2D eigenvalue weighted by Crippen LogP contribution is 2.31. The van der Waals surface area contributed by atoms with Crippen molar-refractivity contribution in [2.24, 2.45) is 0 Å². The fourth-order valence-electron chi connectivity index (χ4n) is 2.86. The van der Waals surface area contributed by atoms with E-state index in [1.54, 1.807) is 0 Å². The molecule has 0 saturated heterocycles. The van der Waals surface area contributed by atoms with Crippen molar-refractivity contribution in [3.63, 3.8) is 0 Å². The maximum atomic E-state index is 12.5. The van der Waals surface area contributed by atoms with E-state index >= 15 is 0 Å². The summed E-state index contributed by atoms with van der Waals surface area (Å²) in [6.45, 7) is 1.11. The molecule has 0 radical (unpaired) electrons. The first-order valence-electron chi connectivity index (χ1n) is 7.71. The predicted octanol–water partition coefficient (Wildman–Crippen LogP) is 4.20. The maximum absolute atomic E-state index is 12.5. The second kappa shape index (κ2) is 8.40. The summed E-state index contributed by atoms with van der Waals surface area (Å²) in [6, 6.07) is 13.4. The number of fused-ring (bicyclic) bond motifs is 1. The second-order valence-electron chi connectivity index (χ2n) is 5.55. The number of anilines is 2. The summed E-state index contributed by atoms with van der Waals surface area (Å²) in [4.78, 5) is 14.4. The van der Waals surface area contributed by atoms with Crippen LogP contribution in [0.1, 0.15) is 18.4 Å². The van der Waals surface area contributed by atoms with Gasteiger partial charge in [0.15, 0.2) is 0 Å². The first-order valence-corrected chi connectivity index (χ1v) is 8.50. The normalized spacial score (nSPS) is 13.0. The van der Waals surface area contributed by atoms with Gasteiger partial charge in [-0.25, -0.2) is 0 Å². The molecule has 0 saturated carbocycles. The molecule has 24 heavy (non-hydrogen) atoms. The van der Waals surface area contributed by atoms with Gasteiger partial charge in [0.05, 0.1) is 13.0 Å². The average molecular weight is 412 g/mol. The fraction of sp³-hybridized carbons (Fsp3) is 0.278. The standard InChI is InChI=1S/C18H19BrN2O2.ClH/c19-13-4-1-5-14(12-13)23-11-9-18(22)21-10-3-6-15-16(20)7-2-8-17(15)21;/h1-2,4-5,7-8,12H,3,6,9-11,20H2;1H. The lowest BCUT2D eigenvalue weighted by molar-refractivity contribution is -0.119. The zero-order chi connectivity index (χ0) is 16.2. The Kier molecular flexibility index (Phi) is 6.52. The number of amides is 1. The van der Waals surface area contributed by atoms with Gasteiger partial charge in [-0.05, 0) is 48.7 Å². The van der Waals surface area contributed by atoms with Crippen molar-refractivity contribution in [1.82, 2.24) is 0 Å². The maximum Gasteiger partial charge on any atom is 0.230 e. The molecular formula is C18H20BrClN2O2. The molecule has 0 unspecified atom stereocenters. The van der Waals surface area contributed by atoms with Crippen LogP contribution in [-0.2, 0) is 11.2 Å². The van der Waals surface area contributed by atoms with Crippen molar-refractivity contribution in [2.45, 2.75) is 19.3 Å². The third kappa shape index (κ3) is 4.22. The van der Waals surface area contributed by atoms with E-state index in [1.807, 2.05) is 47.4 Å². The van der Waals surface area contributed by atoms with Gasteiger partial charge >= 0.3 is 0 Å². The molecular weight excluding hydrogens is 392 g/mol. The molecule has 1 aliphatic rings. The minimum atomic E-state index is 0. The number of hydrogen-bond acceptors (Lipinski definition) is 3. The number of nitrogens with zero attached hydrogens (tertiary/aromatic N) is 1. The van der Waals surface area contributed by atoms with Crippen LogP contribution in [0.5, 0.6) is 5.75 Å². The van der Waals surface area contributed by atoms with Crippen molar-refractivity contribution in [2.75, 3.05) is 23.8 Å². The topological polar surface area (TPSA) is 55.6 Å². The van der Waals surface area contributed by atoms with Crippen LogP contribution in [0.2, 0.25) is 0 Å². The molecule has 0 aliphatic carbocycles. The zero-order valence-electron chi connectivity index (χ0n) is 13.2. The molecule has 2 N–H and O–H groups in total. The number of carbonyl (C=O) groups is 1. The highest BCUT2D eigenvalue weighted by molar-refractivity contribution is 9.10. The van der Waals surface area contributed by atoms with Gasteiger partial charge in [0.25, 0.3) is 0 Å². The molecule has 0 bridgehead atoms. The summed E-state index contributed by atoms with van der Waals surface area (Å²) >= 11 is 3.40. The van der Waals surface area contributed by atoms with E-state index in [4.69, 9.17) is 10.5 Å². The quantitative estimate of drug-likeness (QED) is 0.767.